The summed E-state index contributed by atoms with van der Waals surface area (Å²) in [5, 5.41) is 3.26. The predicted molar refractivity (Wildman–Crippen MR) is 43.1 cm³/mol. The van der Waals surface area contributed by atoms with Gasteiger partial charge in [-0.3, -0.25) is 5.32 Å². The molecule has 11 heavy (non-hydrogen) atoms. The van der Waals surface area contributed by atoms with Gasteiger partial charge >= 0.3 is 0 Å². The molecule has 0 radical (unpaired) electrons. The molecule has 1 heterocycles. The molecule has 0 aromatic rings. The maximum Gasteiger partial charge on any atom is 0.119 e. The molecule has 1 aliphatic rings. The summed E-state index contributed by atoms with van der Waals surface area (Å²) in [5.41, 5.74) is -0.178. The van der Waals surface area contributed by atoms with E-state index >= 15 is 0 Å². The zero-order valence-electron chi connectivity index (χ0n) is 6.93. The van der Waals surface area contributed by atoms with Crippen LogP contribution >= 0.6 is 0 Å². The SMILES string of the molecule is C=COCCC1(C)NCCO1. The molecule has 0 saturated carbocycles. The van der Waals surface area contributed by atoms with E-state index in [4.69, 9.17) is 9.47 Å². The van der Waals surface area contributed by atoms with Crippen LogP contribution in [0.5, 0.6) is 0 Å². The minimum Gasteiger partial charge on any atom is -0.502 e. The van der Waals surface area contributed by atoms with E-state index in [1.807, 2.05) is 6.92 Å². The zero-order chi connectivity index (χ0) is 8.16. The van der Waals surface area contributed by atoms with Gasteiger partial charge in [0, 0.05) is 13.0 Å². The smallest absolute Gasteiger partial charge is 0.119 e. The van der Waals surface area contributed by atoms with Gasteiger partial charge in [-0.2, -0.15) is 0 Å². The molecule has 1 aliphatic heterocycles. The fourth-order valence-corrected chi connectivity index (χ4v) is 1.14. The second kappa shape index (κ2) is 3.74. The lowest BCUT2D eigenvalue weighted by Crippen LogP contribution is -2.38. The lowest BCUT2D eigenvalue weighted by Gasteiger charge is -2.22. The molecule has 0 spiro atoms. The Hall–Kier alpha value is -0.540. The minimum atomic E-state index is -0.178. The van der Waals surface area contributed by atoms with Crippen LogP contribution in [0.2, 0.25) is 0 Å². The Bertz CT molecular complexity index is 130. The third-order valence-electron chi connectivity index (χ3n) is 1.84. The molecular formula is C8H15NO2. The molecule has 0 aromatic heterocycles. The summed E-state index contributed by atoms with van der Waals surface area (Å²) in [7, 11) is 0. The third-order valence-corrected chi connectivity index (χ3v) is 1.84. The van der Waals surface area contributed by atoms with Crippen LogP contribution in [-0.4, -0.2) is 25.5 Å². The van der Waals surface area contributed by atoms with E-state index in [0.29, 0.717) is 6.61 Å². The summed E-state index contributed by atoms with van der Waals surface area (Å²) in [5.74, 6) is 0. The van der Waals surface area contributed by atoms with E-state index in [1.54, 1.807) is 0 Å². The first-order valence-corrected chi connectivity index (χ1v) is 3.88. The highest BCUT2D eigenvalue weighted by Crippen LogP contribution is 2.15. The minimum absolute atomic E-state index is 0.178. The molecule has 1 unspecified atom stereocenters. The Labute approximate surface area is 67.4 Å². The van der Waals surface area contributed by atoms with Crippen LogP contribution in [0.15, 0.2) is 12.8 Å². The fourth-order valence-electron chi connectivity index (χ4n) is 1.14. The Balaban J connectivity index is 2.17. The number of hydrogen-bond donors (Lipinski definition) is 1. The van der Waals surface area contributed by atoms with Crippen molar-refractivity contribution >= 4 is 0 Å². The number of hydrogen-bond acceptors (Lipinski definition) is 3. The largest absolute Gasteiger partial charge is 0.502 e. The Morgan fingerprint density at radius 2 is 2.64 bits per heavy atom. The molecule has 3 heteroatoms. The highest BCUT2D eigenvalue weighted by Gasteiger charge is 2.28. The molecule has 3 nitrogen and oxygen atoms in total. The Kier molecular flexibility index (Phi) is 2.91. The van der Waals surface area contributed by atoms with Gasteiger partial charge < -0.3 is 9.47 Å². The molecule has 0 aliphatic carbocycles. The first-order valence-electron chi connectivity index (χ1n) is 3.88. The van der Waals surface area contributed by atoms with Crippen LogP contribution in [0.3, 0.4) is 0 Å². The van der Waals surface area contributed by atoms with Gasteiger partial charge in [0.15, 0.2) is 0 Å². The van der Waals surface area contributed by atoms with Crippen LogP contribution in [0, 0.1) is 0 Å². The molecular weight excluding hydrogens is 142 g/mol. The summed E-state index contributed by atoms with van der Waals surface area (Å²) in [6, 6.07) is 0. The summed E-state index contributed by atoms with van der Waals surface area (Å²) < 4.78 is 10.5. The van der Waals surface area contributed by atoms with Crippen LogP contribution in [0.1, 0.15) is 13.3 Å². The average molecular weight is 157 g/mol. The van der Waals surface area contributed by atoms with Gasteiger partial charge in [-0.05, 0) is 6.92 Å². The lowest BCUT2D eigenvalue weighted by molar-refractivity contribution is -0.0136. The topological polar surface area (TPSA) is 30.5 Å². The zero-order valence-corrected chi connectivity index (χ0v) is 6.93. The van der Waals surface area contributed by atoms with E-state index in [-0.39, 0.29) is 5.72 Å². The third kappa shape index (κ3) is 2.52. The van der Waals surface area contributed by atoms with E-state index in [2.05, 4.69) is 11.9 Å². The summed E-state index contributed by atoms with van der Waals surface area (Å²) >= 11 is 0. The first-order chi connectivity index (χ1) is 5.27. The normalized spacial score (nSPS) is 30.3. The quantitative estimate of drug-likeness (QED) is 0.485. The van der Waals surface area contributed by atoms with Crippen molar-refractivity contribution in [1.82, 2.24) is 5.32 Å². The highest BCUT2D eigenvalue weighted by molar-refractivity contribution is 4.77. The highest BCUT2D eigenvalue weighted by atomic mass is 16.5. The van der Waals surface area contributed by atoms with Gasteiger partial charge in [0.05, 0.1) is 19.5 Å². The van der Waals surface area contributed by atoms with E-state index in [1.165, 1.54) is 6.26 Å². The molecule has 1 fully saturated rings. The Morgan fingerprint density at radius 1 is 1.82 bits per heavy atom. The molecule has 64 valence electrons. The second-order valence-electron chi connectivity index (χ2n) is 2.79. The number of nitrogens with one attached hydrogen (secondary N) is 1. The van der Waals surface area contributed by atoms with Crippen molar-refractivity contribution in [3.8, 4) is 0 Å². The second-order valence-corrected chi connectivity index (χ2v) is 2.79. The monoisotopic (exact) mass is 157 g/mol. The van der Waals surface area contributed by atoms with Gasteiger partial charge in [0.1, 0.15) is 5.72 Å². The van der Waals surface area contributed by atoms with Crippen molar-refractivity contribution in [3.63, 3.8) is 0 Å². The number of ether oxygens (including phenoxy) is 2. The standard InChI is InChI=1S/C8H15NO2/c1-3-10-6-4-8(2)9-5-7-11-8/h3,9H,1,4-7H2,2H3. The molecule has 1 saturated heterocycles. The molecule has 1 N–H and O–H groups in total. The summed E-state index contributed by atoms with van der Waals surface area (Å²) in [6.45, 7) is 7.89. The first kappa shape index (κ1) is 8.56. The molecule has 1 atom stereocenters. The molecule has 0 aromatic carbocycles. The van der Waals surface area contributed by atoms with E-state index in [9.17, 15) is 0 Å². The maximum atomic E-state index is 5.46. The summed E-state index contributed by atoms with van der Waals surface area (Å²) in [6.07, 6.45) is 2.32. The van der Waals surface area contributed by atoms with Crippen molar-refractivity contribution in [3.05, 3.63) is 12.8 Å². The van der Waals surface area contributed by atoms with E-state index < -0.39 is 0 Å². The van der Waals surface area contributed by atoms with Gasteiger partial charge in [-0.15, -0.1) is 0 Å². The van der Waals surface area contributed by atoms with Gasteiger partial charge in [-0.1, -0.05) is 6.58 Å². The van der Waals surface area contributed by atoms with Crippen molar-refractivity contribution in [2.45, 2.75) is 19.1 Å². The molecule has 0 bridgehead atoms. The summed E-state index contributed by atoms with van der Waals surface area (Å²) in [4.78, 5) is 0. The van der Waals surface area contributed by atoms with E-state index in [0.717, 1.165) is 19.6 Å². The molecule has 0 amide bonds. The van der Waals surface area contributed by atoms with Gasteiger partial charge in [0.25, 0.3) is 0 Å². The van der Waals surface area contributed by atoms with Gasteiger partial charge in [0.2, 0.25) is 0 Å². The van der Waals surface area contributed by atoms with Crippen LogP contribution < -0.4 is 5.32 Å². The maximum absolute atomic E-state index is 5.46. The predicted octanol–water partition coefficient (Wildman–Crippen LogP) is 0.873. The molecule has 1 rings (SSSR count). The number of rotatable bonds is 4. The van der Waals surface area contributed by atoms with Crippen molar-refractivity contribution in [1.29, 1.82) is 0 Å². The van der Waals surface area contributed by atoms with Crippen LogP contribution in [0.25, 0.3) is 0 Å². The lowest BCUT2D eigenvalue weighted by atomic mass is 10.2. The van der Waals surface area contributed by atoms with Crippen LogP contribution in [-0.2, 0) is 9.47 Å². The fraction of sp³-hybridized carbons (Fsp3) is 0.750. The van der Waals surface area contributed by atoms with Crippen molar-refractivity contribution in [2.75, 3.05) is 19.8 Å². The Morgan fingerprint density at radius 3 is 3.18 bits per heavy atom. The van der Waals surface area contributed by atoms with Gasteiger partial charge in [-0.25, -0.2) is 0 Å². The van der Waals surface area contributed by atoms with Crippen molar-refractivity contribution in [2.24, 2.45) is 0 Å². The van der Waals surface area contributed by atoms with Crippen molar-refractivity contribution < 1.29 is 9.47 Å². The van der Waals surface area contributed by atoms with Crippen LogP contribution in [0.4, 0.5) is 0 Å². The average Bonchev–Trinajstić information content (AvgIpc) is 2.38.